The van der Waals surface area contributed by atoms with Crippen molar-refractivity contribution in [1.82, 2.24) is 4.90 Å². The van der Waals surface area contributed by atoms with Crippen molar-refractivity contribution >= 4 is 0 Å². The lowest BCUT2D eigenvalue weighted by Gasteiger charge is -2.32. The summed E-state index contributed by atoms with van der Waals surface area (Å²) in [4.78, 5) is 1.67. The first-order valence-corrected chi connectivity index (χ1v) is 5.53. The van der Waals surface area contributed by atoms with Gasteiger partial charge in [0.25, 0.3) is 6.43 Å². The standard InChI is InChI=1S/C12H14F3NO/c13-10-3-1-9(2-4-10)11-7-16(5-6-17-11)8-12(14)15/h1-4,11-12H,5-8H2. The molecule has 0 saturated carbocycles. The number of halogens is 3. The van der Waals surface area contributed by atoms with E-state index in [0.29, 0.717) is 19.7 Å². The van der Waals surface area contributed by atoms with Crippen molar-refractivity contribution in [2.24, 2.45) is 0 Å². The maximum atomic E-state index is 12.8. The largest absolute Gasteiger partial charge is 0.371 e. The molecule has 2 rings (SSSR count). The van der Waals surface area contributed by atoms with E-state index in [1.807, 2.05) is 0 Å². The average molecular weight is 245 g/mol. The zero-order chi connectivity index (χ0) is 12.3. The fraction of sp³-hybridized carbons (Fsp3) is 0.500. The molecule has 1 unspecified atom stereocenters. The van der Waals surface area contributed by atoms with E-state index in [2.05, 4.69) is 0 Å². The number of hydrogen-bond donors (Lipinski definition) is 0. The first-order valence-electron chi connectivity index (χ1n) is 5.53. The molecule has 1 aliphatic rings. The number of nitrogens with zero attached hydrogens (tertiary/aromatic N) is 1. The second-order valence-electron chi connectivity index (χ2n) is 4.06. The molecule has 5 heteroatoms. The van der Waals surface area contributed by atoms with E-state index in [4.69, 9.17) is 4.74 Å². The van der Waals surface area contributed by atoms with Gasteiger partial charge < -0.3 is 4.74 Å². The van der Waals surface area contributed by atoms with Gasteiger partial charge in [0, 0.05) is 13.1 Å². The number of hydrogen-bond acceptors (Lipinski definition) is 2. The lowest BCUT2D eigenvalue weighted by molar-refractivity contribution is -0.0461. The molecule has 1 heterocycles. The molecule has 1 aromatic carbocycles. The minimum Gasteiger partial charge on any atom is -0.371 e. The zero-order valence-electron chi connectivity index (χ0n) is 9.28. The van der Waals surface area contributed by atoms with E-state index >= 15 is 0 Å². The monoisotopic (exact) mass is 245 g/mol. The first kappa shape index (κ1) is 12.4. The highest BCUT2D eigenvalue weighted by Gasteiger charge is 2.23. The lowest BCUT2D eigenvalue weighted by atomic mass is 10.1. The summed E-state index contributed by atoms with van der Waals surface area (Å²) in [6, 6.07) is 5.97. The summed E-state index contributed by atoms with van der Waals surface area (Å²) in [5.74, 6) is -0.311. The minimum atomic E-state index is -2.33. The maximum absolute atomic E-state index is 12.8. The number of rotatable bonds is 3. The topological polar surface area (TPSA) is 12.5 Å². The Morgan fingerprint density at radius 2 is 2.00 bits per heavy atom. The van der Waals surface area contributed by atoms with Crippen molar-refractivity contribution in [3.8, 4) is 0 Å². The van der Waals surface area contributed by atoms with E-state index in [1.165, 1.54) is 12.1 Å². The van der Waals surface area contributed by atoms with Crippen LogP contribution in [-0.4, -0.2) is 37.6 Å². The van der Waals surface area contributed by atoms with Crippen LogP contribution in [0.3, 0.4) is 0 Å². The average Bonchev–Trinajstić information content (AvgIpc) is 2.29. The van der Waals surface area contributed by atoms with Gasteiger partial charge in [-0.05, 0) is 17.7 Å². The van der Waals surface area contributed by atoms with Gasteiger partial charge in [0.1, 0.15) is 5.82 Å². The molecule has 0 aliphatic carbocycles. The molecule has 0 spiro atoms. The molecule has 1 aliphatic heterocycles. The summed E-state index contributed by atoms with van der Waals surface area (Å²) in [7, 11) is 0. The summed E-state index contributed by atoms with van der Waals surface area (Å²) >= 11 is 0. The van der Waals surface area contributed by atoms with Crippen molar-refractivity contribution < 1.29 is 17.9 Å². The zero-order valence-corrected chi connectivity index (χ0v) is 9.28. The van der Waals surface area contributed by atoms with Crippen LogP contribution in [-0.2, 0) is 4.74 Å². The smallest absolute Gasteiger partial charge is 0.251 e. The molecular weight excluding hydrogens is 231 g/mol. The Morgan fingerprint density at radius 1 is 1.29 bits per heavy atom. The number of benzene rings is 1. The number of morpholine rings is 1. The molecule has 1 saturated heterocycles. The molecule has 0 aromatic heterocycles. The molecule has 1 atom stereocenters. The highest BCUT2D eigenvalue weighted by molar-refractivity contribution is 5.19. The lowest BCUT2D eigenvalue weighted by Crippen LogP contribution is -2.40. The van der Waals surface area contributed by atoms with E-state index in [-0.39, 0.29) is 18.5 Å². The van der Waals surface area contributed by atoms with Crippen LogP contribution >= 0.6 is 0 Å². The molecular formula is C12H14F3NO. The van der Waals surface area contributed by atoms with Gasteiger partial charge in [0.05, 0.1) is 19.3 Å². The van der Waals surface area contributed by atoms with Crippen LogP contribution in [0.5, 0.6) is 0 Å². The molecule has 0 radical (unpaired) electrons. The van der Waals surface area contributed by atoms with Crippen LogP contribution in [0, 0.1) is 5.82 Å². The fourth-order valence-electron chi connectivity index (χ4n) is 1.94. The van der Waals surface area contributed by atoms with Crippen molar-refractivity contribution in [3.63, 3.8) is 0 Å². The fourth-order valence-corrected chi connectivity index (χ4v) is 1.94. The SMILES string of the molecule is Fc1ccc(C2CN(CC(F)F)CCO2)cc1. The molecule has 2 nitrogen and oxygen atoms in total. The van der Waals surface area contributed by atoms with Gasteiger partial charge in [0.15, 0.2) is 0 Å². The molecule has 0 bridgehead atoms. The van der Waals surface area contributed by atoms with Crippen molar-refractivity contribution in [2.75, 3.05) is 26.2 Å². The Hall–Kier alpha value is -1.07. The van der Waals surface area contributed by atoms with Gasteiger partial charge in [-0.1, -0.05) is 12.1 Å². The third kappa shape index (κ3) is 3.44. The first-order chi connectivity index (χ1) is 8.15. The molecule has 1 aromatic rings. The van der Waals surface area contributed by atoms with Gasteiger partial charge in [-0.2, -0.15) is 0 Å². The van der Waals surface area contributed by atoms with Crippen LogP contribution in [0.15, 0.2) is 24.3 Å². The quantitative estimate of drug-likeness (QED) is 0.811. The summed E-state index contributed by atoms with van der Waals surface area (Å²) in [6.07, 6.45) is -2.58. The van der Waals surface area contributed by atoms with Crippen molar-refractivity contribution in [3.05, 3.63) is 35.6 Å². The Bertz CT molecular complexity index is 355. The van der Waals surface area contributed by atoms with Crippen molar-refractivity contribution in [2.45, 2.75) is 12.5 Å². The molecule has 0 amide bonds. The normalized spacial score (nSPS) is 22.0. The predicted molar refractivity (Wildman–Crippen MR) is 57.5 cm³/mol. The Morgan fingerprint density at radius 3 is 2.65 bits per heavy atom. The Balaban J connectivity index is 1.99. The highest BCUT2D eigenvalue weighted by atomic mass is 19.3. The van der Waals surface area contributed by atoms with E-state index in [0.717, 1.165) is 5.56 Å². The Labute approximate surface area is 98.0 Å². The third-order valence-electron chi connectivity index (χ3n) is 2.79. The van der Waals surface area contributed by atoms with Gasteiger partial charge in [-0.25, -0.2) is 13.2 Å². The van der Waals surface area contributed by atoms with Gasteiger partial charge in [-0.15, -0.1) is 0 Å². The van der Waals surface area contributed by atoms with E-state index in [1.54, 1.807) is 17.0 Å². The highest BCUT2D eigenvalue weighted by Crippen LogP contribution is 2.22. The van der Waals surface area contributed by atoms with Gasteiger partial charge in [0.2, 0.25) is 0 Å². The van der Waals surface area contributed by atoms with E-state index in [9.17, 15) is 13.2 Å². The summed E-state index contributed by atoms with van der Waals surface area (Å²) < 4.78 is 42.8. The molecule has 17 heavy (non-hydrogen) atoms. The number of ether oxygens (including phenoxy) is 1. The van der Waals surface area contributed by atoms with Crippen molar-refractivity contribution in [1.29, 1.82) is 0 Å². The number of alkyl halides is 2. The van der Waals surface area contributed by atoms with Crippen LogP contribution < -0.4 is 0 Å². The second kappa shape index (κ2) is 5.51. The van der Waals surface area contributed by atoms with Gasteiger partial charge in [-0.3, -0.25) is 4.90 Å². The van der Waals surface area contributed by atoms with Crippen LogP contribution in [0.2, 0.25) is 0 Å². The summed E-state index contributed by atoms with van der Waals surface area (Å²) in [5.41, 5.74) is 0.824. The molecule has 0 N–H and O–H groups in total. The Kier molecular flexibility index (Phi) is 4.02. The minimum absolute atomic E-state index is 0.235. The third-order valence-corrected chi connectivity index (χ3v) is 2.79. The maximum Gasteiger partial charge on any atom is 0.251 e. The van der Waals surface area contributed by atoms with Crippen LogP contribution in [0.1, 0.15) is 11.7 Å². The summed E-state index contributed by atoms with van der Waals surface area (Å²) in [5, 5.41) is 0. The predicted octanol–water partition coefficient (Wildman–Crippen LogP) is 2.46. The van der Waals surface area contributed by atoms with Crippen LogP contribution in [0.4, 0.5) is 13.2 Å². The van der Waals surface area contributed by atoms with Gasteiger partial charge >= 0.3 is 0 Å². The molecule has 1 fully saturated rings. The summed E-state index contributed by atoms with van der Waals surface area (Å²) in [6.45, 7) is 1.13. The van der Waals surface area contributed by atoms with E-state index < -0.39 is 6.43 Å². The van der Waals surface area contributed by atoms with Crippen LogP contribution in [0.25, 0.3) is 0 Å². The second-order valence-corrected chi connectivity index (χ2v) is 4.06. The molecule has 94 valence electrons.